The van der Waals surface area contributed by atoms with Gasteiger partial charge >= 0.3 is 0 Å². The van der Waals surface area contributed by atoms with Gasteiger partial charge in [-0.05, 0) is 59.9 Å². The molecule has 3 N–H and O–H groups in total. The van der Waals surface area contributed by atoms with E-state index in [2.05, 4.69) is 41.4 Å². The molecule has 5 heteroatoms. The second-order valence-electron chi connectivity index (χ2n) is 6.51. The van der Waals surface area contributed by atoms with Crippen molar-refractivity contribution in [2.24, 2.45) is 0 Å². The number of hydrogen-bond donors (Lipinski definition) is 3. The highest BCUT2D eigenvalue weighted by Crippen LogP contribution is 2.23. The monoisotopic (exact) mass is 346 g/mol. The maximum atomic E-state index is 10.2. The van der Waals surface area contributed by atoms with E-state index >= 15 is 0 Å². The fraction of sp³-hybridized carbons (Fsp3) is 0.474. The molecule has 1 aliphatic heterocycles. The Morgan fingerprint density at radius 2 is 1.88 bits per heavy atom. The molecule has 0 radical (unpaired) electrons. The molecule has 2 unspecified atom stereocenters. The van der Waals surface area contributed by atoms with Crippen LogP contribution < -0.4 is 10.2 Å². The minimum Gasteiger partial charge on any atom is -0.393 e. The summed E-state index contributed by atoms with van der Waals surface area (Å²) >= 11 is 1.61. The van der Waals surface area contributed by atoms with Crippen LogP contribution in [-0.2, 0) is 0 Å². The van der Waals surface area contributed by atoms with Crippen molar-refractivity contribution in [2.75, 3.05) is 24.5 Å². The number of piperidine rings is 1. The van der Waals surface area contributed by atoms with Gasteiger partial charge in [-0.2, -0.15) is 11.3 Å². The average molecular weight is 346 g/mol. The number of hydrogen-bond acceptors (Lipinski definition) is 5. The molecule has 4 nitrogen and oxygen atoms in total. The van der Waals surface area contributed by atoms with Crippen molar-refractivity contribution in [2.45, 2.75) is 38.0 Å². The first-order chi connectivity index (χ1) is 11.6. The van der Waals surface area contributed by atoms with Crippen LogP contribution in [0.5, 0.6) is 0 Å². The van der Waals surface area contributed by atoms with E-state index in [-0.39, 0.29) is 12.1 Å². The van der Waals surface area contributed by atoms with E-state index in [9.17, 15) is 10.2 Å². The summed E-state index contributed by atoms with van der Waals surface area (Å²) in [6.07, 6.45) is 1.09. The average Bonchev–Trinajstić information content (AvgIpc) is 3.15. The number of aliphatic hydroxyl groups excluding tert-OH is 2. The number of benzene rings is 1. The Balaban J connectivity index is 1.53. The van der Waals surface area contributed by atoms with Crippen LogP contribution in [0.1, 0.15) is 43.0 Å². The van der Waals surface area contributed by atoms with Gasteiger partial charge in [0, 0.05) is 31.4 Å². The van der Waals surface area contributed by atoms with Crippen molar-refractivity contribution in [3.8, 4) is 0 Å². The third kappa shape index (κ3) is 4.36. The maximum absolute atomic E-state index is 10.2. The molecular formula is C19H26N2O2S. The topological polar surface area (TPSA) is 55.7 Å². The highest BCUT2D eigenvalue weighted by Gasteiger charge is 2.17. The van der Waals surface area contributed by atoms with Crippen LogP contribution in [0.15, 0.2) is 41.1 Å². The highest BCUT2D eigenvalue weighted by molar-refractivity contribution is 7.07. The maximum Gasteiger partial charge on any atom is 0.0922 e. The summed E-state index contributed by atoms with van der Waals surface area (Å²) in [7, 11) is 0. The quantitative estimate of drug-likeness (QED) is 0.752. The van der Waals surface area contributed by atoms with E-state index in [1.807, 2.05) is 16.8 Å². The number of anilines is 1. The van der Waals surface area contributed by atoms with Gasteiger partial charge in [-0.25, -0.2) is 0 Å². The molecule has 1 aliphatic rings. The zero-order valence-electron chi connectivity index (χ0n) is 14.1. The van der Waals surface area contributed by atoms with Crippen molar-refractivity contribution < 1.29 is 10.2 Å². The zero-order chi connectivity index (χ0) is 16.9. The Bertz CT molecular complexity index is 607. The Labute approximate surface area is 147 Å². The van der Waals surface area contributed by atoms with Crippen LogP contribution in [-0.4, -0.2) is 36.0 Å². The lowest BCUT2D eigenvalue weighted by molar-refractivity contribution is 0.145. The summed E-state index contributed by atoms with van der Waals surface area (Å²) in [5.41, 5.74) is 3.41. The van der Waals surface area contributed by atoms with Gasteiger partial charge in [0.2, 0.25) is 0 Å². The number of nitrogens with one attached hydrogen (secondary N) is 1. The molecular weight excluding hydrogens is 320 g/mol. The molecule has 1 aromatic heterocycles. The van der Waals surface area contributed by atoms with Crippen molar-refractivity contribution in [1.82, 2.24) is 5.32 Å². The van der Waals surface area contributed by atoms with Gasteiger partial charge in [0.15, 0.2) is 0 Å². The van der Waals surface area contributed by atoms with Crippen molar-refractivity contribution in [3.63, 3.8) is 0 Å². The predicted molar refractivity (Wildman–Crippen MR) is 99.6 cm³/mol. The molecule has 3 rings (SSSR count). The number of aliphatic hydroxyl groups is 2. The second kappa shape index (κ2) is 8.12. The van der Waals surface area contributed by atoms with Crippen LogP contribution in [0.4, 0.5) is 5.69 Å². The minimum atomic E-state index is -0.460. The SMILES string of the molecule is CC(NCC(O)c1ccsc1)c1ccc(N2CCC(O)CC2)cc1. The molecule has 0 saturated carbocycles. The van der Waals surface area contributed by atoms with Gasteiger partial charge < -0.3 is 20.4 Å². The third-order valence-electron chi connectivity index (χ3n) is 4.77. The van der Waals surface area contributed by atoms with Crippen molar-refractivity contribution in [1.29, 1.82) is 0 Å². The van der Waals surface area contributed by atoms with Gasteiger partial charge in [-0.15, -0.1) is 0 Å². The van der Waals surface area contributed by atoms with Crippen LogP contribution in [0.25, 0.3) is 0 Å². The summed E-state index contributed by atoms with van der Waals surface area (Å²) in [5, 5.41) is 27.1. The summed E-state index contributed by atoms with van der Waals surface area (Å²) in [6, 6.07) is 10.8. The van der Waals surface area contributed by atoms with Gasteiger partial charge in [0.05, 0.1) is 12.2 Å². The van der Waals surface area contributed by atoms with Gasteiger partial charge in [-0.1, -0.05) is 12.1 Å². The Morgan fingerprint density at radius 3 is 2.50 bits per heavy atom. The molecule has 2 atom stereocenters. The van der Waals surface area contributed by atoms with Crippen LogP contribution in [0.3, 0.4) is 0 Å². The van der Waals surface area contributed by atoms with E-state index in [0.29, 0.717) is 6.54 Å². The molecule has 1 aromatic carbocycles. The number of nitrogens with zero attached hydrogens (tertiary/aromatic N) is 1. The number of rotatable bonds is 6. The highest BCUT2D eigenvalue weighted by atomic mass is 32.1. The van der Waals surface area contributed by atoms with Crippen LogP contribution >= 0.6 is 11.3 Å². The third-order valence-corrected chi connectivity index (χ3v) is 5.47. The summed E-state index contributed by atoms with van der Waals surface area (Å²) in [5.74, 6) is 0. The van der Waals surface area contributed by atoms with E-state index in [0.717, 1.165) is 31.5 Å². The van der Waals surface area contributed by atoms with E-state index in [4.69, 9.17) is 0 Å². The number of thiophene rings is 1. The van der Waals surface area contributed by atoms with Gasteiger partial charge in [-0.3, -0.25) is 0 Å². The summed E-state index contributed by atoms with van der Waals surface area (Å²) in [4.78, 5) is 2.33. The molecule has 130 valence electrons. The molecule has 24 heavy (non-hydrogen) atoms. The van der Waals surface area contributed by atoms with Crippen molar-refractivity contribution in [3.05, 3.63) is 52.2 Å². The van der Waals surface area contributed by atoms with Gasteiger partial charge in [0.1, 0.15) is 0 Å². The first kappa shape index (κ1) is 17.4. The Kier molecular flexibility index (Phi) is 5.89. The first-order valence-electron chi connectivity index (χ1n) is 8.60. The smallest absolute Gasteiger partial charge is 0.0922 e. The minimum absolute atomic E-state index is 0.139. The lowest BCUT2D eigenvalue weighted by Crippen LogP contribution is -2.35. The molecule has 1 fully saturated rings. The molecule has 0 spiro atoms. The largest absolute Gasteiger partial charge is 0.393 e. The van der Waals surface area contributed by atoms with E-state index in [1.165, 1.54) is 11.3 Å². The first-order valence-corrected chi connectivity index (χ1v) is 9.54. The molecule has 2 heterocycles. The zero-order valence-corrected chi connectivity index (χ0v) is 14.9. The normalized spacial score (nSPS) is 18.5. The molecule has 1 saturated heterocycles. The summed E-state index contributed by atoms with van der Waals surface area (Å²) in [6.45, 7) is 4.50. The van der Waals surface area contributed by atoms with E-state index < -0.39 is 6.10 Å². The molecule has 2 aromatic rings. The molecule has 0 amide bonds. The Hall–Kier alpha value is -1.40. The standard InChI is InChI=1S/C19H26N2O2S/c1-14(20-12-19(23)16-8-11-24-13-16)15-2-4-17(5-3-15)21-9-6-18(22)7-10-21/h2-5,8,11,13-14,18-20,22-23H,6-7,9-10,12H2,1H3. The van der Waals surface area contributed by atoms with Crippen LogP contribution in [0, 0.1) is 0 Å². The Morgan fingerprint density at radius 1 is 1.17 bits per heavy atom. The predicted octanol–water partition coefficient (Wildman–Crippen LogP) is 3.09. The lowest BCUT2D eigenvalue weighted by Gasteiger charge is -2.31. The molecule has 0 aliphatic carbocycles. The lowest BCUT2D eigenvalue weighted by atomic mass is 10.0. The second-order valence-corrected chi connectivity index (χ2v) is 7.29. The fourth-order valence-electron chi connectivity index (χ4n) is 3.09. The van der Waals surface area contributed by atoms with Crippen LogP contribution in [0.2, 0.25) is 0 Å². The fourth-order valence-corrected chi connectivity index (χ4v) is 3.79. The van der Waals surface area contributed by atoms with Gasteiger partial charge in [0.25, 0.3) is 0 Å². The molecule has 0 bridgehead atoms. The van der Waals surface area contributed by atoms with Crippen molar-refractivity contribution >= 4 is 17.0 Å². The summed E-state index contributed by atoms with van der Waals surface area (Å²) < 4.78 is 0. The van der Waals surface area contributed by atoms with E-state index in [1.54, 1.807) is 11.3 Å².